The zero-order chi connectivity index (χ0) is 13.1. The van der Waals surface area contributed by atoms with Gasteiger partial charge < -0.3 is 5.73 Å². The maximum atomic E-state index is 13.0. The van der Waals surface area contributed by atoms with E-state index in [1.54, 1.807) is 6.07 Å². The number of hydrogen-bond donors (Lipinski definition) is 1. The van der Waals surface area contributed by atoms with E-state index in [4.69, 9.17) is 5.73 Å². The monoisotopic (exact) mass is 265 g/mol. The van der Waals surface area contributed by atoms with Gasteiger partial charge in [-0.2, -0.15) is 0 Å². The molecule has 0 aliphatic heterocycles. The quantitative estimate of drug-likeness (QED) is 0.666. The predicted octanol–water partition coefficient (Wildman–Crippen LogP) is 4.15. The highest BCUT2D eigenvalue weighted by molar-refractivity contribution is 7.98. The number of benzene rings is 2. The standard InChI is InChI=1S/C14H13F2NS/c1-9-2-5-14(13(17)6-9)18-8-10-3-4-11(15)12(16)7-10/h2-7H,8,17H2,1H3. The molecule has 0 amide bonds. The van der Waals surface area contributed by atoms with E-state index >= 15 is 0 Å². The molecule has 2 N–H and O–H groups in total. The smallest absolute Gasteiger partial charge is 0.159 e. The third kappa shape index (κ3) is 3.01. The largest absolute Gasteiger partial charge is 0.398 e. The second-order valence-electron chi connectivity index (χ2n) is 4.08. The lowest BCUT2D eigenvalue weighted by atomic mass is 10.2. The zero-order valence-electron chi connectivity index (χ0n) is 9.91. The average Bonchev–Trinajstić information content (AvgIpc) is 2.32. The van der Waals surface area contributed by atoms with Crippen LogP contribution >= 0.6 is 11.8 Å². The van der Waals surface area contributed by atoms with Crippen molar-refractivity contribution >= 4 is 17.4 Å². The molecule has 18 heavy (non-hydrogen) atoms. The minimum Gasteiger partial charge on any atom is -0.398 e. The van der Waals surface area contributed by atoms with Gasteiger partial charge in [0, 0.05) is 16.3 Å². The molecule has 0 radical (unpaired) electrons. The molecule has 2 aromatic carbocycles. The Morgan fingerprint density at radius 2 is 1.83 bits per heavy atom. The fourth-order valence-electron chi connectivity index (χ4n) is 1.59. The molecule has 0 aliphatic rings. The summed E-state index contributed by atoms with van der Waals surface area (Å²) in [6, 6.07) is 9.75. The first-order valence-corrected chi connectivity index (χ1v) is 6.47. The van der Waals surface area contributed by atoms with Gasteiger partial charge in [0.05, 0.1) is 0 Å². The Hall–Kier alpha value is -1.55. The predicted molar refractivity (Wildman–Crippen MR) is 71.5 cm³/mol. The molecule has 1 nitrogen and oxygen atoms in total. The SMILES string of the molecule is Cc1ccc(SCc2ccc(F)c(F)c2)c(N)c1. The van der Waals surface area contributed by atoms with Crippen LogP contribution < -0.4 is 5.73 Å². The Morgan fingerprint density at radius 1 is 1.06 bits per heavy atom. The van der Waals surface area contributed by atoms with E-state index in [0.717, 1.165) is 22.1 Å². The minimum absolute atomic E-state index is 0.560. The highest BCUT2D eigenvalue weighted by atomic mass is 32.2. The van der Waals surface area contributed by atoms with Crippen LogP contribution in [0, 0.1) is 18.6 Å². The summed E-state index contributed by atoms with van der Waals surface area (Å²) in [6.45, 7) is 1.97. The van der Waals surface area contributed by atoms with E-state index in [2.05, 4.69) is 0 Å². The van der Waals surface area contributed by atoms with Gasteiger partial charge in [-0.25, -0.2) is 8.78 Å². The van der Waals surface area contributed by atoms with Crippen molar-refractivity contribution in [3.63, 3.8) is 0 Å². The topological polar surface area (TPSA) is 26.0 Å². The van der Waals surface area contributed by atoms with Crippen molar-refractivity contribution in [2.45, 2.75) is 17.6 Å². The van der Waals surface area contributed by atoms with Crippen LogP contribution in [0.4, 0.5) is 14.5 Å². The number of hydrogen-bond acceptors (Lipinski definition) is 2. The summed E-state index contributed by atoms with van der Waals surface area (Å²) in [4.78, 5) is 0.949. The fraction of sp³-hybridized carbons (Fsp3) is 0.143. The number of nitrogen functional groups attached to an aromatic ring is 1. The van der Waals surface area contributed by atoms with Crippen LogP contribution in [-0.2, 0) is 5.75 Å². The summed E-state index contributed by atoms with van der Waals surface area (Å²) in [5.41, 5.74) is 8.43. The summed E-state index contributed by atoms with van der Waals surface area (Å²) in [5.74, 6) is -1.08. The first kappa shape index (κ1) is 12.9. The van der Waals surface area contributed by atoms with Crippen LogP contribution in [0.25, 0.3) is 0 Å². The van der Waals surface area contributed by atoms with Crippen LogP contribution in [0.3, 0.4) is 0 Å². The van der Waals surface area contributed by atoms with Crippen molar-refractivity contribution in [2.75, 3.05) is 5.73 Å². The lowest BCUT2D eigenvalue weighted by molar-refractivity contribution is 0.507. The molecule has 0 fully saturated rings. The number of aryl methyl sites for hydroxylation is 1. The summed E-state index contributed by atoms with van der Waals surface area (Å²) >= 11 is 1.51. The van der Waals surface area contributed by atoms with Gasteiger partial charge in [-0.1, -0.05) is 12.1 Å². The summed E-state index contributed by atoms with van der Waals surface area (Å²) in [6.07, 6.45) is 0. The molecular weight excluding hydrogens is 252 g/mol. The van der Waals surface area contributed by atoms with E-state index < -0.39 is 11.6 Å². The first-order valence-electron chi connectivity index (χ1n) is 5.49. The zero-order valence-corrected chi connectivity index (χ0v) is 10.7. The van der Waals surface area contributed by atoms with Crippen molar-refractivity contribution in [3.8, 4) is 0 Å². The van der Waals surface area contributed by atoms with Crippen LogP contribution in [0.2, 0.25) is 0 Å². The number of thioether (sulfide) groups is 1. The maximum absolute atomic E-state index is 13.0. The van der Waals surface area contributed by atoms with E-state index in [0.29, 0.717) is 11.4 Å². The van der Waals surface area contributed by atoms with E-state index in [1.165, 1.54) is 17.8 Å². The molecular formula is C14H13F2NS. The maximum Gasteiger partial charge on any atom is 0.159 e. The van der Waals surface area contributed by atoms with Gasteiger partial charge in [-0.15, -0.1) is 11.8 Å². The van der Waals surface area contributed by atoms with Crippen LogP contribution in [0.5, 0.6) is 0 Å². The Balaban J connectivity index is 2.09. The number of anilines is 1. The average molecular weight is 265 g/mol. The Labute approximate surface area is 109 Å². The highest BCUT2D eigenvalue weighted by Crippen LogP contribution is 2.29. The van der Waals surface area contributed by atoms with E-state index in [-0.39, 0.29) is 0 Å². The normalized spacial score (nSPS) is 10.6. The summed E-state index contributed by atoms with van der Waals surface area (Å²) in [7, 11) is 0. The van der Waals surface area contributed by atoms with Gasteiger partial charge in [0.1, 0.15) is 0 Å². The van der Waals surface area contributed by atoms with Gasteiger partial charge in [0.2, 0.25) is 0 Å². The molecule has 0 spiro atoms. The Morgan fingerprint density at radius 3 is 2.50 bits per heavy atom. The van der Waals surface area contributed by atoms with Gasteiger partial charge in [-0.05, 0) is 42.3 Å². The number of halogens is 2. The minimum atomic E-state index is -0.821. The first-order chi connectivity index (χ1) is 8.56. The second kappa shape index (κ2) is 5.40. The molecule has 2 rings (SSSR count). The molecule has 2 aromatic rings. The van der Waals surface area contributed by atoms with E-state index in [9.17, 15) is 8.78 Å². The molecule has 4 heteroatoms. The molecule has 0 atom stereocenters. The molecule has 0 aromatic heterocycles. The van der Waals surface area contributed by atoms with E-state index in [1.807, 2.05) is 25.1 Å². The van der Waals surface area contributed by atoms with Crippen LogP contribution in [0.15, 0.2) is 41.3 Å². The van der Waals surface area contributed by atoms with Crippen molar-refractivity contribution in [2.24, 2.45) is 0 Å². The van der Waals surface area contributed by atoms with Gasteiger partial charge >= 0.3 is 0 Å². The Kier molecular flexibility index (Phi) is 3.87. The van der Waals surface area contributed by atoms with Crippen molar-refractivity contribution in [1.29, 1.82) is 0 Å². The number of rotatable bonds is 3. The van der Waals surface area contributed by atoms with Gasteiger partial charge in [-0.3, -0.25) is 0 Å². The molecule has 0 aliphatic carbocycles. The highest BCUT2D eigenvalue weighted by Gasteiger charge is 2.05. The Bertz CT molecular complexity index is 570. The molecule has 0 saturated carbocycles. The fourth-order valence-corrected chi connectivity index (χ4v) is 2.48. The lowest BCUT2D eigenvalue weighted by Gasteiger charge is -2.06. The molecule has 94 valence electrons. The van der Waals surface area contributed by atoms with Crippen LogP contribution in [0.1, 0.15) is 11.1 Å². The lowest BCUT2D eigenvalue weighted by Crippen LogP contribution is -1.91. The van der Waals surface area contributed by atoms with Gasteiger partial charge in [0.25, 0.3) is 0 Å². The third-order valence-corrected chi connectivity index (χ3v) is 3.70. The molecule has 0 saturated heterocycles. The van der Waals surface area contributed by atoms with Crippen LogP contribution in [-0.4, -0.2) is 0 Å². The molecule has 0 bridgehead atoms. The molecule has 0 heterocycles. The van der Waals surface area contributed by atoms with Crippen molar-refractivity contribution in [1.82, 2.24) is 0 Å². The second-order valence-corrected chi connectivity index (χ2v) is 5.10. The van der Waals surface area contributed by atoms with Crippen molar-refractivity contribution < 1.29 is 8.78 Å². The van der Waals surface area contributed by atoms with Crippen molar-refractivity contribution in [3.05, 3.63) is 59.2 Å². The summed E-state index contributed by atoms with van der Waals surface area (Å²) in [5, 5.41) is 0. The van der Waals surface area contributed by atoms with Gasteiger partial charge in [0.15, 0.2) is 11.6 Å². The number of nitrogens with two attached hydrogens (primary N) is 1. The summed E-state index contributed by atoms with van der Waals surface area (Å²) < 4.78 is 25.8. The molecule has 0 unspecified atom stereocenters. The third-order valence-electron chi connectivity index (χ3n) is 2.54.